The fourth-order valence-electron chi connectivity index (χ4n) is 3.23. The zero-order valence-electron chi connectivity index (χ0n) is 14.4. The number of rotatable bonds is 4. The van der Waals surface area contributed by atoms with Gasteiger partial charge in [0.15, 0.2) is 5.82 Å². The molecule has 0 N–H and O–H groups in total. The summed E-state index contributed by atoms with van der Waals surface area (Å²) in [5, 5.41) is 8.72. The number of benzene rings is 1. The number of para-hydroxylation sites is 1. The molecular formula is C19H22N4O2. The minimum Gasteiger partial charge on any atom is -0.496 e. The standard InChI is InChI=1S/C19H22N4O2/c1-25-17-5-3-2-4-15(17)19(24)23-12-10-22(11-13-23)18-9-8-16(20-21-18)14-6-7-14/h2-5,8-9,14H,6-7,10-13H2,1H3. The highest BCUT2D eigenvalue weighted by Crippen LogP contribution is 2.38. The van der Waals surface area contributed by atoms with Crippen LogP contribution in [0.1, 0.15) is 34.8 Å². The molecule has 4 rings (SSSR count). The molecule has 2 heterocycles. The highest BCUT2D eigenvalue weighted by Gasteiger charge is 2.27. The number of carbonyl (C=O) groups excluding carboxylic acids is 1. The molecule has 1 aliphatic heterocycles. The molecule has 6 heteroatoms. The summed E-state index contributed by atoms with van der Waals surface area (Å²) in [6.07, 6.45) is 2.47. The molecule has 0 unspecified atom stereocenters. The Morgan fingerprint density at radius 2 is 1.80 bits per heavy atom. The molecule has 130 valence electrons. The van der Waals surface area contributed by atoms with Crippen molar-refractivity contribution in [3.05, 3.63) is 47.7 Å². The van der Waals surface area contributed by atoms with Crippen LogP contribution in [0, 0.1) is 0 Å². The van der Waals surface area contributed by atoms with E-state index in [2.05, 4.69) is 27.2 Å². The first-order chi connectivity index (χ1) is 12.3. The van der Waals surface area contributed by atoms with Crippen LogP contribution in [0.2, 0.25) is 0 Å². The van der Waals surface area contributed by atoms with E-state index < -0.39 is 0 Å². The van der Waals surface area contributed by atoms with Crippen LogP contribution < -0.4 is 9.64 Å². The monoisotopic (exact) mass is 338 g/mol. The minimum absolute atomic E-state index is 0.0206. The van der Waals surface area contributed by atoms with Gasteiger partial charge in [-0.1, -0.05) is 12.1 Å². The van der Waals surface area contributed by atoms with Crippen LogP contribution in [0.15, 0.2) is 36.4 Å². The molecule has 0 spiro atoms. The lowest BCUT2D eigenvalue weighted by Gasteiger charge is -2.35. The maximum Gasteiger partial charge on any atom is 0.257 e. The quantitative estimate of drug-likeness (QED) is 0.856. The summed E-state index contributed by atoms with van der Waals surface area (Å²) < 4.78 is 5.31. The molecule has 6 nitrogen and oxygen atoms in total. The second-order valence-corrected chi connectivity index (χ2v) is 6.57. The van der Waals surface area contributed by atoms with E-state index in [1.54, 1.807) is 7.11 Å². The Morgan fingerprint density at radius 3 is 2.44 bits per heavy atom. The van der Waals surface area contributed by atoms with Crippen LogP contribution in [0.3, 0.4) is 0 Å². The molecule has 25 heavy (non-hydrogen) atoms. The summed E-state index contributed by atoms with van der Waals surface area (Å²) in [5.41, 5.74) is 1.72. The fraction of sp³-hybridized carbons (Fsp3) is 0.421. The molecule has 2 aliphatic rings. The van der Waals surface area contributed by atoms with Gasteiger partial charge in [-0.25, -0.2) is 0 Å². The van der Waals surface area contributed by atoms with E-state index >= 15 is 0 Å². The van der Waals surface area contributed by atoms with Crippen molar-refractivity contribution in [3.63, 3.8) is 0 Å². The van der Waals surface area contributed by atoms with Gasteiger partial charge in [0.2, 0.25) is 0 Å². The topological polar surface area (TPSA) is 58.6 Å². The van der Waals surface area contributed by atoms with Crippen molar-refractivity contribution in [2.45, 2.75) is 18.8 Å². The van der Waals surface area contributed by atoms with E-state index in [0.29, 0.717) is 30.3 Å². The van der Waals surface area contributed by atoms with Crippen LogP contribution in [0.25, 0.3) is 0 Å². The minimum atomic E-state index is 0.0206. The summed E-state index contributed by atoms with van der Waals surface area (Å²) in [6, 6.07) is 11.5. The predicted octanol–water partition coefficient (Wildman–Crippen LogP) is 2.33. The van der Waals surface area contributed by atoms with Gasteiger partial charge in [-0.05, 0) is 37.1 Å². The van der Waals surface area contributed by atoms with Gasteiger partial charge in [0.1, 0.15) is 5.75 Å². The number of methoxy groups -OCH3 is 1. The number of nitrogens with zero attached hydrogens (tertiary/aromatic N) is 4. The molecule has 1 saturated carbocycles. The molecule has 0 atom stereocenters. The lowest BCUT2D eigenvalue weighted by Crippen LogP contribution is -2.49. The van der Waals surface area contributed by atoms with Crippen molar-refractivity contribution in [2.75, 3.05) is 38.2 Å². The molecule has 0 radical (unpaired) electrons. The van der Waals surface area contributed by atoms with E-state index in [4.69, 9.17) is 4.74 Å². The van der Waals surface area contributed by atoms with Gasteiger partial charge in [-0.2, -0.15) is 5.10 Å². The third-order valence-electron chi connectivity index (χ3n) is 4.89. The maximum absolute atomic E-state index is 12.7. The van der Waals surface area contributed by atoms with Gasteiger partial charge >= 0.3 is 0 Å². The van der Waals surface area contributed by atoms with E-state index in [-0.39, 0.29) is 5.91 Å². The lowest BCUT2D eigenvalue weighted by atomic mass is 10.1. The number of hydrogen-bond acceptors (Lipinski definition) is 5. The van der Waals surface area contributed by atoms with Crippen molar-refractivity contribution in [2.24, 2.45) is 0 Å². The zero-order valence-corrected chi connectivity index (χ0v) is 14.4. The zero-order chi connectivity index (χ0) is 17.2. The first-order valence-corrected chi connectivity index (χ1v) is 8.77. The largest absolute Gasteiger partial charge is 0.496 e. The number of anilines is 1. The summed E-state index contributed by atoms with van der Waals surface area (Å²) in [6.45, 7) is 2.86. The number of carbonyl (C=O) groups is 1. The Hall–Kier alpha value is -2.63. The Balaban J connectivity index is 1.39. The van der Waals surface area contributed by atoms with Gasteiger partial charge in [0.05, 0.1) is 18.4 Å². The third-order valence-corrected chi connectivity index (χ3v) is 4.89. The molecule has 2 fully saturated rings. The van der Waals surface area contributed by atoms with E-state index in [9.17, 15) is 4.79 Å². The Morgan fingerprint density at radius 1 is 1.04 bits per heavy atom. The molecule has 0 bridgehead atoms. The van der Waals surface area contributed by atoms with Crippen LogP contribution >= 0.6 is 0 Å². The van der Waals surface area contributed by atoms with Crippen molar-refractivity contribution < 1.29 is 9.53 Å². The average molecular weight is 338 g/mol. The number of piperazine rings is 1. The summed E-state index contributed by atoms with van der Waals surface area (Å²) in [5.74, 6) is 2.16. The first kappa shape index (κ1) is 15.9. The van der Waals surface area contributed by atoms with Gasteiger partial charge < -0.3 is 14.5 Å². The smallest absolute Gasteiger partial charge is 0.257 e. The number of hydrogen-bond donors (Lipinski definition) is 0. The van der Waals surface area contributed by atoms with Gasteiger partial charge in [-0.15, -0.1) is 5.10 Å². The maximum atomic E-state index is 12.7. The average Bonchev–Trinajstić information content (AvgIpc) is 3.53. The van der Waals surface area contributed by atoms with Crippen LogP contribution in [0.4, 0.5) is 5.82 Å². The van der Waals surface area contributed by atoms with E-state index in [0.717, 1.165) is 24.6 Å². The molecule has 1 saturated heterocycles. The number of ether oxygens (including phenoxy) is 1. The van der Waals surface area contributed by atoms with Gasteiger partial charge in [0.25, 0.3) is 5.91 Å². The molecule has 1 aliphatic carbocycles. The number of aromatic nitrogens is 2. The Labute approximate surface area is 147 Å². The van der Waals surface area contributed by atoms with Crippen LogP contribution in [0.5, 0.6) is 5.75 Å². The number of amides is 1. The molecule has 1 aromatic carbocycles. The normalized spacial score (nSPS) is 17.5. The third kappa shape index (κ3) is 3.29. The van der Waals surface area contributed by atoms with Crippen LogP contribution in [-0.2, 0) is 0 Å². The summed E-state index contributed by atoms with van der Waals surface area (Å²) in [7, 11) is 1.59. The SMILES string of the molecule is COc1ccccc1C(=O)N1CCN(c2ccc(C3CC3)nn2)CC1. The summed E-state index contributed by atoms with van der Waals surface area (Å²) in [4.78, 5) is 16.8. The molecule has 2 aromatic rings. The van der Waals surface area contributed by atoms with Crippen molar-refractivity contribution in [1.29, 1.82) is 0 Å². The first-order valence-electron chi connectivity index (χ1n) is 8.77. The lowest BCUT2D eigenvalue weighted by molar-refractivity contribution is 0.0743. The molecule has 1 amide bonds. The highest BCUT2D eigenvalue weighted by molar-refractivity contribution is 5.97. The predicted molar refractivity (Wildman–Crippen MR) is 95.1 cm³/mol. The van der Waals surface area contributed by atoms with E-state index in [1.807, 2.05) is 29.2 Å². The second-order valence-electron chi connectivity index (χ2n) is 6.57. The van der Waals surface area contributed by atoms with Gasteiger partial charge in [0, 0.05) is 32.1 Å². The van der Waals surface area contributed by atoms with Crippen molar-refractivity contribution >= 4 is 11.7 Å². The second kappa shape index (κ2) is 6.70. The van der Waals surface area contributed by atoms with Gasteiger partial charge in [-0.3, -0.25) is 4.79 Å². The van der Waals surface area contributed by atoms with Crippen molar-refractivity contribution in [3.8, 4) is 5.75 Å². The highest BCUT2D eigenvalue weighted by atomic mass is 16.5. The summed E-state index contributed by atoms with van der Waals surface area (Å²) >= 11 is 0. The fourth-order valence-corrected chi connectivity index (χ4v) is 3.23. The molecule has 1 aromatic heterocycles. The Kier molecular flexibility index (Phi) is 4.26. The van der Waals surface area contributed by atoms with Crippen LogP contribution in [-0.4, -0.2) is 54.3 Å². The van der Waals surface area contributed by atoms with Crippen molar-refractivity contribution in [1.82, 2.24) is 15.1 Å². The Bertz CT molecular complexity index is 750. The molecular weight excluding hydrogens is 316 g/mol. The van der Waals surface area contributed by atoms with E-state index in [1.165, 1.54) is 12.8 Å².